The van der Waals surface area contributed by atoms with Crippen LogP contribution < -0.4 is 10.5 Å². The van der Waals surface area contributed by atoms with Gasteiger partial charge in [-0.05, 0) is 5.56 Å². The van der Waals surface area contributed by atoms with Crippen molar-refractivity contribution < 1.29 is 9.66 Å². The van der Waals surface area contributed by atoms with E-state index in [0.29, 0.717) is 10.6 Å². The number of nitrogens with zero attached hydrogens (tertiary/aromatic N) is 1. The van der Waals surface area contributed by atoms with Crippen molar-refractivity contribution in [2.45, 2.75) is 6.54 Å². The van der Waals surface area contributed by atoms with E-state index in [9.17, 15) is 10.1 Å². The molecule has 6 heteroatoms. The molecule has 0 bridgehead atoms. The molecule has 0 aliphatic rings. The van der Waals surface area contributed by atoms with E-state index in [-0.39, 0.29) is 18.0 Å². The molecule has 1 rings (SSSR count). The molecule has 0 aromatic heterocycles. The summed E-state index contributed by atoms with van der Waals surface area (Å²) in [7, 11) is 1.35. The molecular formula is C8H9ClN2O3. The van der Waals surface area contributed by atoms with Gasteiger partial charge in [0.05, 0.1) is 12.0 Å². The maximum Gasteiger partial charge on any atom is 0.311 e. The zero-order chi connectivity index (χ0) is 10.7. The van der Waals surface area contributed by atoms with Crippen molar-refractivity contribution in [2.75, 3.05) is 7.11 Å². The summed E-state index contributed by atoms with van der Waals surface area (Å²) in [5.41, 5.74) is 5.76. The summed E-state index contributed by atoms with van der Waals surface area (Å²) >= 11 is 5.80. The molecule has 76 valence electrons. The Labute approximate surface area is 85.6 Å². The maximum absolute atomic E-state index is 10.6. The smallest absolute Gasteiger partial charge is 0.311 e. The normalized spacial score (nSPS) is 9.93. The van der Waals surface area contributed by atoms with Crippen LogP contribution in [0.1, 0.15) is 5.56 Å². The topological polar surface area (TPSA) is 78.4 Å². The van der Waals surface area contributed by atoms with Gasteiger partial charge in [-0.15, -0.1) is 0 Å². The molecule has 1 aromatic carbocycles. The summed E-state index contributed by atoms with van der Waals surface area (Å²) < 4.78 is 4.82. The molecule has 1 aromatic rings. The Morgan fingerprint density at radius 3 is 2.71 bits per heavy atom. The third-order valence-electron chi connectivity index (χ3n) is 1.76. The highest BCUT2D eigenvalue weighted by atomic mass is 35.5. The van der Waals surface area contributed by atoms with Crippen molar-refractivity contribution in [3.8, 4) is 5.75 Å². The summed E-state index contributed by atoms with van der Waals surface area (Å²) in [6, 6.07) is 2.71. The molecule has 0 heterocycles. The van der Waals surface area contributed by atoms with Crippen molar-refractivity contribution >= 4 is 17.3 Å². The lowest BCUT2D eigenvalue weighted by Crippen LogP contribution is -2.00. The Balaban J connectivity index is 3.32. The fourth-order valence-electron chi connectivity index (χ4n) is 1.05. The average molecular weight is 217 g/mol. The van der Waals surface area contributed by atoms with E-state index in [1.165, 1.54) is 19.2 Å². The van der Waals surface area contributed by atoms with Gasteiger partial charge < -0.3 is 10.5 Å². The Hall–Kier alpha value is -1.33. The average Bonchev–Trinajstić information content (AvgIpc) is 2.16. The first-order valence-corrected chi connectivity index (χ1v) is 4.18. The zero-order valence-corrected chi connectivity index (χ0v) is 8.25. The lowest BCUT2D eigenvalue weighted by molar-refractivity contribution is -0.385. The van der Waals surface area contributed by atoms with E-state index < -0.39 is 4.92 Å². The highest BCUT2D eigenvalue weighted by molar-refractivity contribution is 6.31. The number of ether oxygens (including phenoxy) is 1. The first-order valence-electron chi connectivity index (χ1n) is 3.81. The third kappa shape index (κ3) is 1.94. The quantitative estimate of drug-likeness (QED) is 0.616. The number of rotatable bonds is 3. The zero-order valence-electron chi connectivity index (χ0n) is 7.49. The van der Waals surface area contributed by atoms with Crippen molar-refractivity contribution in [1.29, 1.82) is 0 Å². The molecule has 0 saturated carbocycles. The molecule has 0 aliphatic carbocycles. The molecule has 0 amide bonds. The summed E-state index contributed by atoms with van der Waals surface area (Å²) in [5, 5.41) is 11.0. The Morgan fingerprint density at radius 1 is 1.64 bits per heavy atom. The molecule has 0 fully saturated rings. The Kier molecular flexibility index (Phi) is 3.27. The minimum atomic E-state index is -0.533. The number of methoxy groups -OCH3 is 1. The number of nitrogens with two attached hydrogens (primary N) is 1. The molecule has 0 saturated heterocycles. The van der Waals surface area contributed by atoms with Crippen molar-refractivity contribution in [3.05, 3.63) is 32.8 Å². The summed E-state index contributed by atoms with van der Waals surface area (Å²) in [6.07, 6.45) is 0. The second kappa shape index (κ2) is 4.26. The van der Waals surface area contributed by atoms with Gasteiger partial charge in [0.2, 0.25) is 0 Å². The number of benzene rings is 1. The van der Waals surface area contributed by atoms with Crippen LogP contribution in [0.15, 0.2) is 12.1 Å². The molecule has 0 spiro atoms. The first kappa shape index (κ1) is 10.7. The summed E-state index contributed by atoms with van der Waals surface area (Å²) in [4.78, 5) is 10.1. The molecule has 5 nitrogen and oxygen atoms in total. The van der Waals surface area contributed by atoms with E-state index in [1.54, 1.807) is 0 Å². The van der Waals surface area contributed by atoms with Crippen LogP contribution >= 0.6 is 11.6 Å². The summed E-state index contributed by atoms with van der Waals surface area (Å²) in [5.74, 6) is 0.136. The van der Waals surface area contributed by atoms with E-state index in [0.717, 1.165) is 0 Å². The molecule has 14 heavy (non-hydrogen) atoms. The van der Waals surface area contributed by atoms with Gasteiger partial charge in [-0.1, -0.05) is 11.6 Å². The Bertz CT molecular complexity index is 368. The fourth-order valence-corrected chi connectivity index (χ4v) is 1.28. The van der Waals surface area contributed by atoms with Gasteiger partial charge in [0.1, 0.15) is 0 Å². The van der Waals surface area contributed by atoms with E-state index in [4.69, 9.17) is 22.1 Å². The lowest BCUT2D eigenvalue weighted by atomic mass is 10.2. The van der Waals surface area contributed by atoms with Gasteiger partial charge in [0.15, 0.2) is 5.75 Å². The number of hydrogen-bond donors (Lipinski definition) is 1. The molecular weight excluding hydrogens is 208 g/mol. The van der Waals surface area contributed by atoms with Gasteiger partial charge in [0.25, 0.3) is 0 Å². The fraction of sp³-hybridized carbons (Fsp3) is 0.250. The van der Waals surface area contributed by atoms with Crippen LogP contribution in [-0.2, 0) is 6.54 Å². The van der Waals surface area contributed by atoms with Crippen LogP contribution in [0.2, 0.25) is 5.02 Å². The maximum atomic E-state index is 10.6. The van der Waals surface area contributed by atoms with E-state index >= 15 is 0 Å². The van der Waals surface area contributed by atoms with Gasteiger partial charge in [-0.25, -0.2) is 0 Å². The van der Waals surface area contributed by atoms with Crippen LogP contribution in [0, 0.1) is 10.1 Å². The van der Waals surface area contributed by atoms with Crippen LogP contribution in [0.25, 0.3) is 0 Å². The van der Waals surface area contributed by atoms with Crippen LogP contribution in [-0.4, -0.2) is 12.0 Å². The lowest BCUT2D eigenvalue weighted by Gasteiger charge is -2.05. The largest absolute Gasteiger partial charge is 0.490 e. The van der Waals surface area contributed by atoms with Crippen LogP contribution in [0.3, 0.4) is 0 Å². The number of halogens is 1. The predicted molar refractivity (Wildman–Crippen MR) is 52.5 cm³/mol. The monoisotopic (exact) mass is 216 g/mol. The van der Waals surface area contributed by atoms with E-state index in [2.05, 4.69) is 0 Å². The highest BCUT2D eigenvalue weighted by Crippen LogP contribution is 2.32. The predicted octanol–water partition coefficient (Wildman–Crippen LogP) is 1.72. The second-order valence-corrected chi connectivity index (χ2v) is 2.98. The van der Waals surface area contributed by atoms with Crippen molar-refractivity contribution in [1.82, 2.24) is 0 Å². The van der Waals surface area contributed by atoms with Gasteiger partial charge in [0, 0.05) is 23.7 Å². The molecule has 0 atom stereocenters. The van der Waals surface area contributed by atoms with Crippen molar-refractivity contribution in [2.24, 2.45) is 5.73 Å². The molecule has 0 unspecified atom stereocenters. The number of nitro benzene ring substituents is 1. The number of hydrogen-bond acceptors (Lipinski definition) is 4. The highest BCUT2D eigenvalue weighted by Gasteiger charge is 2.17. The number of nitro groups is 1. The first-order chi connectivity index (χ1) is 6.60. The van der Waals surface area contributed by atoms with Gasteiger partial charge in [-0.3, -0.25) is 10.1 Å². The van der Waals surface area contributed by atoms with Gasteiger partial charge in [-0.2, -0.15) is 0 Å². The Morgan fingerprint density at radius 2 is 2.29 bits per heavy atom. The summed E-state index contributed by atoms with van der Waals surface area (Å²) in [6.45, 7) is 0.156. The molecule has 0 aliphatic heterocycles. The second-order valence-electron chi connectivity index (χ2n) is 2.58. The van der Waals surface area contributed by atoms with Crippen LogP contribution in [0.5, 0.6) is 5.75 Å². The van der Waals surface area contributed by atoms with Crippen LogP contribution in [0.4, 0.5) is 5.69 Å². The molecule has 2 N–H and O–H groups in total. The molecule has 0 radical (unpaired) electrons. The standard InChI is InChI=1S/C8H9ClN2O3/c1-14-8-3-6(9)5(4-10)2-7(8)11(12)13/h2-3H,4,10H2,1H3. The third-order valence-corrected chi connectivity index (χ3v) is 2.12. The van der Waals surface area contributed by atoms with E-state index in [1.807, 2.05) is 0 Å². The minimum Gasteiger partial charge on any atom is -0.490 e. The SMILES string of the molecule is COc1cc(Cl)c(CN)cc1[N+](=O)[O-]. The van der Waals surface area contributed by atoms with Gasteiger partial charge >= 0.3 is 5.69 Å². The minimum absolute atomic E-state index is 0.127. The van der Waals surface area contributed by atoms with Crippen molar-refractivity contribution in [3.63, 3.8) is 0 Å².